The highest BCUT2D eigenvalue weighted by molar-refractivity contribution is 5.50. The first-order valence-electron chi connectivity index (χ1n) is 11.1. The number of fused-ring (bicyclic) bond motifs is 1. The van der Waals surface area contributed by atoms with Crippen molar-refractivity contribution in [2.75, 3.05) is 23.4 Å². The number of nitrogens with zero attached hydrogens (tertiary/aromatic N) is 3. The van der Waals surface area contributed by atoms with Crippen LogP contribution in [-0.4, -0.2) is 39.4 Å². The minimum atomic E-state index is -0.821. The highest BCUT2D eigenvalue weighted by Gasteiger charge is 2.28. The van der Waals surface area contributed by atoms with E-state index >= 15 is 0 Å². The van der Waals surface area contributed by atoms with Gasteiger partial charge in [-0.25, -0.2) is 4.98 Å². The van der Waals surface area contributed by atoms with Gasteiger partial charge in [0, 0.05) is 25.1 Å². The molecule has 2 heterocycles. The van der Waals surface area contributed by atoms with Gasteiger partial charge in [-0.2, -0.15) is 4.98 Å². The average molecular weight is 411 g/mol. The van der Waals surface area contributed by atoms with E-state index in [1.54, 1.807) is 0 Å². The van der Waals surface area contributed by atoms with Crippen LogP contribution in [0.1, 0.15) is 68.8 Å². The van der Waals surface area contributed by atoms with Crippen LogP contribution in [0.3, 0.4) is 0 Å². The number of hydrogen-bond acceptors (Lipinski definition) is 6. The lowest BCUT2D eigenvalue weighted by molar-refractivity contribution is 0.0785. The maximum absolute atomic E-state index is 10.3. The number of benzene rings is 1. The number of nitrogens with one attached hydrogen (secondary N) is 1. The summed E-state index contributed by atoms with van der Waals surface area (Å²) in [6.07, 6.45) is 3.30. The van der Waals surface area contributed by atoms with Gasteiger partial charge < -0.3 is 20.4 Å². The Kier molecular flexibility index (Phi) is 5.73. The molecule has 1 aliphatic carbocycles. The number of aromatic nitrogens is 2. The normalized spacial score (nSPS) is 17.8. The van der Waals surface area contributed by atoms with E-state index in [2.05, 4.69) is 42.3 Å². The van der Waals surface area contributed by atoms with Crippen LogP contribution in [0.15, 0.2) is 24.3 Å². The van der Waals surface area contributed by atoms with Crippen LogP contribution in [0, 0.1) is 5.92 Å². The minimum absolute atomic E-state index is 0.0602. The SMILES string of the molecule is CC(C)[C@@H](CO)Nc1nc(C2CC2)cc(N2CCc3cc(C(C)(C)O)ccc3C2)n1. The number of aliphatic hydroxyl groups excluding tert-OH is 1. The molecule has 0 spiro atoms. The van der Waals surface area contributed by atoms with E-state index in [0.29, 0.717) is 17.8 Å². The molecule has 6 heteroatoms. The molecule has 1 saturated carbocycles. The van der Waals surface area contributed by atoms with Gasteiger partial charge >= 0.3 is 0 Å². The Bertz CT molecular complexity index is 903. The summed E-state index contributed by atoms with van der Waals surface area (Å²) in [7, 11) is 0. The first-order valence-corrected chi connectivity index (χ1v) is 11.1. The second kappa shape index (κ2) is 8.16. The summed E-state index contributed by atoms with van der Waals surface area (Å²) in [6, 6.07) is 8.39. The van der Waals surface area contributed by atoms with E-state index in [-0.39, 0.29) is 12.6 Å². The summed E-state index contributed by atoms with van der Waals surface area (Å²) >= 11 is 0. The van der Waals surface area contributed by atoms with E-state index in [0.717, 1.165) is 36.6 Å². The predicted molar refractivity (Wildman–Crippen MR) is 120 cm³/mol. The lowest BCUT2D eigenvalue weighted by Gasteiger charge is -2.31. The van der Waals surface area contributed by atoms with Crippen LogP contribution < -0.4 is 10.2 Å². The fourth-order valence-corrected chi connectivity index (χ4v) is 3.99. The zero-order valence-corrected chi connectivity index (χ0v) is 18.5. The van der Waals surface area contributed by atoms with Crippen LogP contribution in [0.25, 0.3) is 0 Å². The van der Waals surface area contributed by atoms with Crippen LogP contribution >= 0.6 is 0 Å². The molecule has 0 saturated heterocycles. The van der Waals surface area contributed by atoms with Crippen molar-refractivity contribution in [2.45, 2.75) is 71.1 Å². The van der Waals surface area contributed by atoms with Gasteiger partial charge in [-0.3, -0.25) is 0 Å². The molecule has 0 bridgehead atoms. The highest BCUT2D eigenvalue weighted by atomic mass is 16.3. The van der Waals surface area contributed by atoms with Gasteiger partial charge in [0.15, 0.2) is 0 Å². The standard InChI is InChI=1S/C24H34N4O2/c1-15(2)21(14-29)26-23-25-20(16-5-6-16)12-22(27-23)28-10-9-17-11-19(24(3,4)30)8-7-18(17)13-28/h7-8,11-12,15-16,21,29-30H,5-6,9-10,13-14H2,1-4H3,(H,25,26,27)/t21-/m1/s1. The topological polar surface area (TPSA) is 81.5 Å². The van der Waals surface area contributed by atoms with Gasteiger partial charge in [-0.1, -0.05) is 32.0 Å². The second-order valence-electron chi connectivity index (χ2n) is 9.64. The quantitative estimate of drug-likeness (QED) is 0.647. The van der Waals surface area contributed by atoms with Gasteiger partial charge in [-0.05, 0) is 55.7 Å². The molecule has 2 aliphatic rings. The Hall–Kier alpha value is -2.18. The van der Waals surface area contributed by atoms with Crippen molar-refractivity contribution >= 4 is 11.8 Å². The molecule has 30 heavy (non-hydrogen) atoms. The average Bonchev–Trinajstić information content (AvgIpc) is 3.55. The third-order valence-corrected chi connectivity index (χ3v) is 6.29. The zero-order chi connectivity index (χ0) is 21.5. The Morgan fingerprint density at radius 1 is 1.17 bits per heavy atom. The minimum Gasteiger partial charge on any atom is -0.394 e. The van der Waals surface area contributed by atoms with E-state index in [1.165, 1.54) is 24.0 Å². The predicted octanol–water partition coefficient (Wildman–Crippen LogP) is 3.57. The van der Waals surface area contributed by atoms with Gasteiger partial charge in [-0.15, -0.1) is 0 Å². The molecule has 4 rings (SSSR count). The van der Waals surface area contributed by atoms with Crippen molar-refractivity contribution < 1.29 is 10.2 Å². The van der Waals surface area contributed by atoms with Gasteiger partial charge in [0.25, 0.3) is 0 Å². The largest absolute Gasteiger partial charge is 0.394 e. The maximum Gasteiger partial charge on any atom is 0.225 e. The monoisotopic (exact) mass is 410 g/mol. The molecule has 1 aliphatic heterocycles. The molecule has 1 fully saturated rings. The molecule has 0 unspecified atom stereocenters. The fourth-order valence-electron chi connectivity index (χ4n) is 3.99. The van der Waals surface area contributed by atoms with Crippen LogP contribution in [0.5, 0.6) is 0 Å². The summed E-state index contributed by atoms with van der Waals surface area (Å²) < 4.78 is 0. The van der Waals surface area contributed by atoms with E-state index in [1.807, 2.05) is 19.9 Å². The molecule has 0 amide bonds. The van der Waals surface area contributed by atoms with Crippen molar-refractivity contribution in [1.29, 1.82) is 0 Å². The van der Waals surface area contributed by atoms with Crippen LogP contribution in [-0.2, 0) is 18.6 Å². The highest BCUT2D eigenvalue weighted by Crippen LogP contribution is 2.40. The molecule has 2 aromatic rings. The lowest BCUT2D eigenvalue weighted by atomic mass is 9.91. The Labute approximate surface area is 179 Å². The first kappa shape index (κ1) is 21.1. The summed E-state index contributed by atoms with van der Waals surface area (Å²) in [5.74, 6) is 2.39. The zero-order valence-electron chi connectivity index (χ0n) is 18.5. The molecule has 1 aromatic carbocycles. The Morgan fingerprint density at radius 2 is 1.93 bits per heavy atom. The number of aliphatic hydroxyl groups is 2. The molecule has 1 atom stereocenters. The van der Waals surface area contributed by atoms with Crippen molar-refractivity contribution in [3.63, 3.8) is 0 Å². The van der Waals surface area contributed by atoms with Crippen molar-refractivity contribution in [3.8, 4) is 0 Å². The van der Waals surface area contributed by atoms with Crippen molar-refractivity contribution in [2.24, 2.45) is 5.92 Å². The van der Waals surface area contributed by atoms with E-state index in [4.69, 9.17) is 9.97 Å². The van der Waals surface area contributed by atoms with Gasteiger partial charge in [0.2, 0.25) is 5.95 Å². The van der Waals surface area contributed by atoms with Crippen molar-refractivity contribution in [3.05, 3.63) is 46.6 Å². The first-order chi connectivity index (χ1) is 14.2. The maximum atomic E-state index is 10.3. The van der Waals surface area contributed by atoms with Crippen LogP contribution in [0.4, 0.5) is 11.8 Å². The number of rotatable bonds is 7. The fraction of sp³-hybridized carbons (Fsp3) is 0.583. The Morgan fingerprint density at radius 3 is 2.57 bits per heavy atom. The molecule has 3 N–H and O–H groups in total. The summed E-state index contributed by atoms with van der Waals surface area (Å²) in [5, 5.41) is 23.4. The van der Waals surface area contributed by atoms with E-state index in [9.17, 15) is 10.2 Å². The Balaban J connectivity index is 1.59. The molecule has 0 radical (unpaired) electrons. The third-order valence-electron chi connectivity index (χ3n) is 6.29. The molecule has 162 valence electrons. The summed E-state index contributed by atoms with van der Waals surface area (Å²) in [5.41, 5.74) is 3.83. The number of anilines is 2. The third kappa shape index (κ3) is 4.60. The number of hydrogen-bond donors (Lipinski definition) is 3. The summed E-state index contributed by atoms with van der Waals surface area (Å²) in [6.45, 7) is 9.58. The van der Waals surface area contributed by atoms with E-state index < -0.39 is 5.60 Å². The smallest absolute Gasteiger partial charge is 0.225 e. The molecule has 6 nitrogen and oxygen atoms in total. The lowest BCUT2D eigenvalue weighted by Crippen LogP contribution is -2.33. The van der Waals surface area contributed by atoms with Gasteiger partial charge in [0.05, 0.1) is 23.9 Å². The van der Waals surface area contributed by atoms with Crippen molar-refractivity contribution in [1.82, 2.24) is 9.97 Å². The molecular formula is C24H34N4O2. The van der Waals surface area contributed by atoms with Gasteiger partial charge in [0.1, 0.15) is 5.82 Å². The van der Waals surface area contributed by atoms with Crippen LogP contribution in [0.2, 0.25) is 0 Å². The summed E-state index contributed by atoms with van der Waals surface area (Å²) in [4.78, 5) is 11.9. The molecule has 1 aromatic heterocycles. The second-order valence-corrected chi connectivity index (χ2v) is 9.64. The molecular weight excluding hydrogens is 376 g/mol.